The van der Waals surface area contributed by atoms with E-state index in [-0.39, 0.29) is 38.6 Å². The van der Waals surface area contributed by atoms with Gasteiger partial charge in [0.2, 0.25) is 0 Å². The van der Waals surface area contributed by atoms with Crippen molar-refractivity contribution in [2.45, 2.75) is 257 Å². The summed E-state index contributed by atoms with van der Waals surface area (Å²) in [7, 11) is 5.95. The van der Waals surface area contributed by atoms with Crippen molar-refractivity contribution in [3.63, 3.8) is 0 Å². The number of carboxylic acid groups (broad SMARTS) is 1. The van der Waals surface area contributed by atoms with Gasteiger partial charge in [-0.2, -0.15) is 0 Å². The number of aliphatic carboxylic acids is 1. The lowest BCUT2D eigenvalue weighted by atomic mass is 10.0. The normalized spacial score (nSPS) is 13.3. The maximum atomic E-state index is 12.9. The molecular weight excluding hydrogens is 887 g/mol. The largest absolute Gasteiger partial charge is 0.477 e. The Balaban J connectivity index is 4.10. The van der Waals surface area contributed by atoms with Gasteiger partial charge in [0.15, 0.2) is 6.10 Å². The van der Waals surface area contributed by atoms with E-state index in [4.69, 9.17) is 18.9 Å². The molecule has 410 valence electrons. The van der Waals surface area contributed by atoms with Crippen molar-refractivity contribution < 1.29 is 42.9 Å². The second-order valence-corrected chi connectivity index (χ2v) is 20.6. The van der Waals surface area contributed by atoms with Gasteiger partial charge in [-0.3, -0.25) is 9.59 Å². The van der Waals surface area contributed by atoms with Crippen LogP contribution in [0.3, 0.4) is 0 Å². The summed E-state index contributed by atoms with van der Waals surface area (Å²) < 4.78 is 22.8. The molecule has 0 aliphatic carbocycles. The first-order valence-electron chi connectivity index (χ1n) is 29.1. The first-order chi connectivity index (χ1) is 34.6. The van der Waals surface area contributed by atoms with E-state index in [1.165, 1.54) is 141 Å². The highest BCUT2D eigenvalue weighted by Gasteiger charge is 2.25. The summed E-state index contributed by atoms with van der Waals surface area (Å²) >= 11 is 0. The van der Waals surface area contributed by atoms with E-state index in [1.807, 2.05) is 21.1 Å². The molecule has 0 saturated carbocycles. The van der Waals surface area contributed by atoms with Crippen molar-refractivity contribution in [2.24, 2.45) is 0 Å². The van der Waals surface area contributed by atoms with Crippen molar-refractivity contribution in [3.05, 3.63) is 72.9 Å². The number of quaternary nitrogens is 1. The van der Waals surface area contributed by atoms with Gasteiger partial charge in [0.25, 0.3) is 6.29 Å². The van der Waals surface area contributed by atoms with Gasteiger partial charge in [0.1, 0.15) is 13.2 Å². The van der Waals surface area contributed by atoms with Crippen LogP contribution < -0.4 is 0 Å². The number of carboxylic acids is 1. The first kappa shape index (κ1) is 67.7. The number of carbonyl (C=O) groups is 3. The van der Waals surface area contributed by atoms with Crippen LogP contribution in [-0.4, -0.2) is 87.4 Å². The standard InChI is InChI=1S/C62H109NO8/c1-6-8-10-12-14-16-18-20-21-22-23-24-25-26-27-28-29-30-31-32-33-34-35-36-37-38-39-41-43-45-47-49-51-53-60(65)71-58(57-70-62(61(66)67)68-55-54-63(3,4)5)56-69-59(64)52-50-48-46-44-42-40-19-17-15-13-11-9-7-2/h9,11,15,17-18,20,22-23,25-26,40,42,58,62H,6-8,10,12-14,16,19,21,24,27-39,41,43-57H2,1-5H3/p+1/b11-9-,17-15-,20-18-,23-22-,26-25-,42-40-. The molecule has 0 aromatic carbocycles. The van der Waals surface area contributed by atoms with Gasteiger partial charge in [0.05, 0.1) is 34.4 Å². The number of esters is 2. The summed E-state index contributed by atoms with van der Waals surface area (Å²) in [4.78, 5) is 37.3. The molecule has 0 heterocycles. The third-order valence-electron chi connectivity index (χ3n) is 12.4. The van der Waals surface area contributed by atoms with Gasteiger partial charge >= 0.3 is 17.9 Å². The lowest BCUT2D eigenvalue weighted by Crippen LogP contribution is -2.40. The van der Waals surface area contributed by atoms with Crippen LogP contribution in [0.15, 0.2) is 72.9 Å². The van der Waals surface area contributed by atoms with Crippen LogP contribution in [0.2, 0.25) is 0 Å². The highest BCUT2D eigenvalue weighted by Crippen LogP contribution is 2.16. The molecule has 9 heteroatoms. The summed E-state index contributed by atoms with van der Waals surface area (Å²) in [6.45, 7) is 4.72. The molecular formula is C62H110NO8+. The maximum absolute atomic E-state index is 12.9. The Morgan fingerprint density at radius 3 is 1.21 bits per heavy atom. The Hall–Kier alpha value is -3.27. The van der Waals surface area contributed by atoms with Crippen LogP contribution in [0.4, 0.5) is 0 Å². The summed E-state index contributed by atoms with van der Waals surface area (Å²) in [6, 6.07) is 0. The molecule has 0 aliphatic heterocycles. The second-order valence-electron chi connectivity index (χ2n) is 20.6. The lowest BCUT2D eigenvalue weighted by molar-refractivity contribution is -0.870. The molecule has 0 saturated heterocycles. The fourth-order valence-corrected chi connectivity index (χ4v) is 7.98. The molecule has 71 heavy (non-hydrogen) atoms. The maximum Gasteiger partial charge on any atom is 0.361 e. The summed E-state index contributed by atoms with van der Waals surface area (Å²) in [5.74, 6) is -2.04. The van der Waals surface area contributed by atoms with E-state index in [0.717, 1.165) is 64.2 Å². The van der Waals surface area contributed by atoms with Crippen LogP contribution in [-0.2, 0) is 33.3 Å². The van der Waals surface area contributed by atoms with Crippen LogP contribution in [0.1, 0.15) is 245 Å². The van der Waals surface area contributed by atoms with E-state index in [9.17, 15) is 19.5 Å². The molecule has 0 aliphatic rings. The fourth-order valence-electron chi connectivity index (χ4n) is 7.98. The van der Waals surface area contributed by atoms with Crippen molar-refractivity contribution in [1.82, 2.24) is 0 Å². The van der Waals surface area contributed by atoms with E-state index in [1.54, 1.807) is 0 Å². The minimum atomic E-state index is -1.52. The predicted molar refractivity (Wildman–Crippen MR) is 299 cm³/mol. The third kappa shape index (κ3) is 54.3. The lowest BCUT2D eigenvalue weighted by Gasteiger charge is -2.25. The summed E-state index contributed by atoms with van der Waals surface area (Å²) in [5.41, 5.74) is 0. The summed E-state index contributed by atoms with van der Waals surface area (Å²) in [5, 5.41) is 9.68. The van der Waals surface area contributed by atoms with Crippen molar-refractivity contribution in [2.75, 3.05) is 47.5 Å². The van der Waals surface area contributed by atoms with Crippen LogP contribution >= 0.6 is 0 Å². The van der Waals surface area contributed by atoms with Gasteiger partial charge in [-0.05, 0) is 83.5 Å². The SMILES string of the molecule is CC/C=C\C/C=C\C/C=C\CCCCCC(=O)OCC(COC(OCC[N+](C)(C)C)C(=O)O)OC(=O)CCCCCCCCCCCCCCCCCCCC/C=C\C/C=C\C/C=C\CCCCCCC. The van der Waals surface area contributed by atoms with Crippen molar-refractivity contribution >= 4 is 17.9 Å². The van der Waals surface area contributed by atoms with E-state index >= 15 is 0 Å². The van der Waals surface area contributed by atoms with E-state index in [0.29, 0.717) is 23.9 Å². The first-order valence-corrected chi connectivity index (χ1v) is 29.1. The smallest absolute Gasteiger partial charge is 0.361 e. The number of unbranched alkanes of at least 4 members (excludes halogenated alkanes) is 26. The molecule has 9 nitrogen and oxygen atoms in total. The van der Waals surface area contributed by atoms with Crippen LogP contribution in [0.25, 0.3) is 0 Å². The van der Waals surface area contributed by atoms with E-state index < -0.39 is 24.3 Å². The van der Waals surface area contributed by atoms with Gasteiger partial charge in [-0.25, -0.2) is 4.79 Å². The number of ether oxygens (including phenoxy) is 4. The topological polar surface area (TPSA) is 108 Å². The molecule has 1 N–H and O–H groups in total. The number of hydrogen-bond acceptors (Lipinski definition) is 7. The molecule has 0 aromatic heterocycles. The second kappa shape index (κ2) is 53.0. The zero-order valence-corrected chi connectivity index (χ0v) is 46.6. The van der Waals surface area contributed by atoms with Crippen LogP contribution in [0.5, 0.6) is 0 Å². The Labute approximate surface area is 437 Å². The quantitative estimate of drug-likeness (QED) is 0.0211. The molecule has 2 unspecified atom stereocenters. The number of rotatable bonds is 53. The number of carbonyl (C=O) groups excluding carboxylic acids is 2. The Morgan fingerprint density at radius 1 is 0.437 bits per heavy atom. The average molecular weight is 998 g/mol. The zero-order chi connectivity index (χ0) is 52.0. The number of nitrogens with zero attached hydrogens (tertiary/aromatic N) is 1. The fraction of sp³-hybridized carbons (Fsp3) is 0.758. The summed E-state index contributed by atoms with van der Waals surface area (Å²) in [6.07, 6.45) is 65.8. The predicted octanol–water partition coefficient (Wildman–Crippen LogP) is 17.0. The molecule has 2 atom stereocenters. The molecule has 0 spiro atoms. The minimum Gasteiger partial charge on any atom is -0.477 e. The average Bonchev–Trinajstić information content (AvgIpc) is 3.34. The Morgan fingerprint density at radius 2 is 0.803 bits per heavy atom. The van der Waals surface area contributed by atoms with Gasteiger partial charge in [-0.1, -0.05) is 222 Å². The number of likely N-dealkylation sites (N-methyl/N-ethyl adjacent to an activating group) is 1. The highest BCUT2D eigenvalue weighted by molar-refractivity contribution is 5.71. The van der Waals surface area contributed by atoms with Gasteiger partial charge in [-0.15, -0.1) is 0 Å². The van der Waals surface area contributed by atoms with Gasteiger partial charge < -0.3 is 28.5 Å². The number of allylic oxidation sites excluding steroid dienone is 12. The van der Waals surface area contributed by atoms with Gasteiger partial charge in [0, 0.05) is 12.8 Å². The van der Waals surface area contributed by atoms with Crippen molar-refractivity contribution in [3.8, 4) is 0 Å². The molecule has 0 rings (SSSR count). The third-order valence-corrected chi connectivity index (χ3v) is 12.4. The monoisotopic (exact) mass is 997 g/mol. The zero-order valence-electron chi connectivity index (χ0n) is 46.6. The molecule has 0 bridgehead atoms. The Kier molecular flexibility index (Phi) is 50.6. The van der Waals surface area contributed by atoms with Crippen LogP contribution in [0, 0.1) is 0 Å². The highest BCUT2D eigenvalue weighted by atomic mass is 16.7. The van der Waals surface area contributed by atoms with Crippen molar-refractivity contribution in [1.29, 1.82) is 0 Å². The molecule has 0 fully saturated rings. The minimum absolute atomic E-state index is 0.181. The van der Waals surface area contributed by atoms with E-state index in [2.05, 4.69) is 86.8 Å². The molecule has 0 amide bonds. The molecule has 0 radical (unpaired) electrons. The number of hydrogen-bond donors (Lipinski definition) is 1. The molecule has 0 aromatic rings. The Bertz CT molecular complexity index is 1390.